The van der Waals surface area contributed by atoms with E-state index in [-0.39, 0.29) is 5.56 Å². The maximum absolute atomic E-state index is 13.3. The van der Waals surface area contributed by atoms with Gasteiger partial charge >= 0.3 is 11.9 Å². The average Bonchev–Trinajstić information content (AvgIpc) is 2.79. The molecule has 6 heteroatoms. The summed E-state index contributed by atoms with van der Waals surface area (Å²) in [4.78, 5) is 26.4. The van der Waals surface area contributed by atoms with Gasteiger partial charge in [-0.05, 0) is 56.5 Å². The molecular formula is C27H28N2O4. The van der Waals surface area contributed by atoms with Gasteiger partial charge < -0.3 is 14.7 Å². The predicted octanol–water partition coefficient (Wildman–Crippen LogP) is 4.69. The van der Waals surface area contributed by atoms with Crippen molar-refractivity contribution < 1.29 is 19.4 Å². The van der Waals surface area contributed by atoms with E-state index in [0.29, 0.717) is 13.0 Å². The summed E-state index contributed by atoms with van der Waals surface area (Å²) in [6.07, 6.45) is 6.05. The van der Waals surface area contributed by atoms with E-state index < -0.39 is 29.5 Å². The van der Waals surface area contributed by atoms with Gasteiger partial charge in [0.05, 0.1) is 17.6 Å². The number of allylic oxidation sites excluding steroid dienone is 2. The van der Waals surface area contributed by atoms with Crippen LogP contribution in [0.3, 0.4) is 0 Å². The number of hydrogen-bond acceptors (Lipinski definition) is 5. The number of carbonyl (C=O) groups excluding carboxylic acids is 1. The fraction of sp³-hybridized carbons (Fsp3) is 0.296. The fourth-order valence-electron chi connectivity index (χ4n) is 3.78. The second kappa shape index (κ2) is 10.2. The number of carboxylic acid groups (broad SMARTS) is 1. The van der Waals surface area contributed by atoms with Gasteiger partial charge in [-0.1, -0.05) is 54.6 Å². The number of esters is 1. The van der Waals surface area contributed by atoms with E-state index in [1.807, 2.05) is 74.2 Å². The van der Waals surface area contributed by atoms with E-state index in [2.05, 4.69) is 6.07 Å². The molecule has 0 saturated carbocycles. The number of rotatable bonds is 7. The standard InChI is InChI=1S/C27H28N2O4/c1-27(2,3)33-26(32)22(17-19-9-5-4-6-10-19)24(18-28)29-16-8-7-11-23(29)20-12-14-21(15-13-20)25(30)31/h4-15,22,24H,16-17H2,1-3H3,(H,30,31)/t22-,24+/m0/s1. The van der Waals surface area contributed by atoms with E-state index in [1.165, 1.54) is 12.1 Å². The molecule has 0 amide bonds. The summed E-state index contributed by atoms with van der Waals surface area (Å²) in [5.74, 6) is -2.14. The van der Waals surface area contributed by atoms with Gasteiger partial charge in [0.2, 0.25) is 0 Å². The van der Waals surface area contributed by atoms with Crippen molar-refractivity contribution in [3.05, 3.63) is 89.5 Å². The van der Waals surface area contributed by atoms with Crippen molar-refractivity contribution in [2.24, 2.45) is 5.92 Å². The number of benzene rings is 2. The topological polar surface area (TPSA) is 90.6 Å². The molecule has 2 atom stereocenters. The second-order valence-corrected chi connectivity index (χ2v) is 8.92. The number of carbonyl (C=O) groups is 2. The Kier molecular flexibility index (Phi) is 7.34. The summed E-state index contributed by atoms with van der Waals surface area (Å²) in [6.45, 7) is 5.87. The highest BCUT2D eigenvalue weighted by molar-refractivity contribution is 5.88. The van der Waals surface area contributed by atoms with E-state index in [4.69, 9.17) is 4.74 Å². The Balaban J connectivity index is 1.97. The third kappa shape index (κ3) is 6.11. The fourth-order valence-corrected chi connectivity index (χ4v) is 3.78. The Morgan fingerprint density at radius 2 is 1.79 bits per heavy atom. The molecule has 1 aliphatic rings. The monoisotopic (exact) mass is 444 g/mol. The Labute approximate surface area is 194 Å². The van der Waals surface area contributed by atoms with E-state index >= 15 is 0 Å². The largest absolute Gasteiger partial charge is 0.478 e. The molecule has 0 spiro atoms. The van der Waals surface area contributed by atoms with Crippen LogP contribution in [0, 0.1) is 17.2 Å². The Bertz CT molecular complexity index is 1090. The smallest absolute Gasteiger partial charge is 0.335 e. The van der Waals surface area contributed by atoms with Crippen LogP contribution in [0.2, 0.25) is 0 Å². The van der Waals surface area contributed by atoms with Crippen LogP contribution in [-0.4, -0.2) is 40.1 Å². The van der Waals surface area contributed by atoms with Gasteiger partial charge in [-0.3, -0.25) is 4.79 Å². The molecule has 1 N–H and O–H groups in total. The molecule has 0 fully saturated rings. The molecule has 0 aromatic heterocycles. The third-order valence-electron chi connectivity index (χ3n) is 5.29. The highest BCUT2D eigenvalue weighted by atomic mass is 16.6. The van der Waals surface area contributed by atoms with Crippen LogP contribution in [0.25, 0.3) is 5.70 Å². The highest BCUT2D eigenvalue weighted by Crippen LogP contribution is 2.30. The Hall–Kier alpha value is -3.85. The zero-order valence-corrected chi connectivity index (χ0v) is 19.1. The molecule has 1 heterocycles. The number of nitrogens with zero attached hydrogens (tertiary/aromatic N) is 2. The lowest BCUT2D eigenvalue weighted by Crippen LogP contribution is -2.45. The quantitative estimate of drug-likeness (QED) is 0.623. The molecule has 2 aromatic rings. The van der Waals surface area contributed by atoms with Crippen molar-refractivity contribution in [1.29, 1.82) is 5.26 Å². The molecule has 0 radical (unpaired) electrons. The number of aromatic carboxylic acids is 1. The van der Waals surface area contributed by atoms with Gasteiger partial charge in [-0.25, -0.2) is 4.79 Å². The Morgan fingerprint density at radius 3 is 2.36 bits per heavy atom. The van der Waals surface area contributed by atoms with Crippen LogP contribution in [0.4, 0.5) is 0 Å². The van der Waals surface area contributed by atoms with Gasteiger partial charge in [0, 0.05) is 12.2 Å². The summed E-state index contributed by atoms with van der Waals surface area (Å²) in [6, 6.07) is 17.6. The summed E-state index contributed by atoms with van der Waals surface area (Å²) >= 11 is 0. The molecule has 1 aliphatic heterocycles. The average molecular weight is 445 g/mol. The minimum atomic E-state index is -1.00. The molecule has 0 unspecified atom stereocenters. The lowest BCUT2D eigenvalue weighted by atomic mass is 9.90. The molecule has 0 aliphatic carbocycles. The highest BCUT2D eigenvalue weighted by Gasteiger charge is 2.37. The normalized spacial score (nSPS) is 15.2. The number of hydrogen-bond donors (Lipinski definition) is 1. The summed E-state index contributed by atoms with van der Waals surface area (Å²) < 4.78 is 5.71. The molecule has 170 valence electrons. The van der Waals surface area contributed by atoms with Crippen molar-refractivity contribution in [2.45, 2.75) is 38.8 Å². The molecule has 0 saturated heterocycles. The first kappa shape index (κ1) is 23.8. The van der Waals surface area contributed by atoms with Gasteiger partial charge in [-0.15, -0.1) is 0 Å². The Morgan fingerprint density at radius 1 is 1.12 bits per heavy atom. The maximum Gasteiger partial charge on any atom is 0.335 e. The van der Waals surface area contributed by atoms with Crippen molar-refractivity contribution in [3.63, 3.8) is 0 Å². The van der Waals surface area contributed by atoms with Crippen LogP contribution in [0.1, 0.15) is 42.3 Å². The number of ether oxygens (including phenoxy) is 1. The lowest BCUT2D eigenvalue weighted by Gasteiger charge is -2.37. The van der Waals surface area contributed by atoms with Gasteiger partial charge in [-0.2, -0.15) is 5.26 Å². The van der Waals surface area contributed by atoms with Gasteiger partial charge in [0.25, 0.3) is 0 Å². The van der Waals surface area contributed by atoms with Crippen molar-refractivity contribution >= 4 is 17.6 Å². The van der Waals surface area contributed by atoms with Crippen LogP contribution in [0.5, 0.6) is 0 Å². The van der Waals surface area contributed by atoms with Crippen LogP contribution in [0.15, 0.2) is 72.8 Å². The first-order chi connectivity index (χ1) is 15.7. The van der Waals surface area contributed by atoms with E-state index in [9.17, 15) is 20.0 Å². The van der Waals surface area contributed by atoms with E-state index in [1.54, 1.807) is 12.1 Å². The molecule has 0 bridgehead atoms. The third-order valence-corrected chi connectivity index (χ3v) is 5.29. The molecule has 3 rings (SSSR count). The number of carboxylic acids is 1. The number of nitriles is 1. The van der Waals surface area contributed by atoms with Crippen LogP contribution < -0.4 is 0 Å². The summed E-state index contributed by atoms with van der Waals surface area (Å²) in [7, 11) is 0. The second-order valence-electron chi connectivity index (χ2n) is 8.92. The van der Waals surface area contributed by atoms with Crippen LogP contribution >= 0.6 is 0 Å². The molecule has 33 heavy (non-hydrogen) atoms. The van der Waals surface area contributed by atoms with Gasteiger partial charge in [0.1, 0.15) is 11.6 Å². The van der Waals surface area contributed by atoms with Crippen molar-refractivity contribution in [1.82, 2.24) is 4.90 Å². The zero-order valence-electron chi connectivity index (χ0n) is 19.1. The molecular weight excluding hydrogens is 416 g/mol. The van der Waals surface area contributed by atoms with Gasteiger partial charge in [0.15, 0.2) is 0 Å². The molecule has 2 aromatic carbocycles. The summed E-state index contributed by atoms with van der Waals surface area (Å²) in [5, 5.41) is 19.4. The lowest BCUT2D eigenvalue weighted by molar-refractivity contribution is -0.161. The predicted molar refractivity (Wildman–Crippen MR) is 126 cm³/mol. The zero-order chi connectivity index (χ0) is 24.0. The maximum atomic E-state index is 13.3. The first-order valence-corrected chi connectivity index (χ1v) is 10.8. The van der Waals surface area contributed by atoms with Crippen LogP contribution in [-0.2, 0) is 16.0 Å². The van der Waals surface area contributed by atoms with E-state index in [0.717, 1.165) is 16.8 Å². The SMILES string of the molecule is CC(C)(C)OC(=O)[C@@H](Cc1ccccc1)[C@@H](C#N)N1CC=CC=C1c1ccc(C(=O)O)cc1. The van der Waals surface area contributed by atoms with Crippen molar-refractivity contribution in [2.75, 3.05) is 6.54 Å². The summed E-state index contributed by atoms with van der Waals surface area (Å²) in [5.41, 5.74) is 1.97. The minimum Gasteiger partial charge on any atom is -0.478 e. The molecule has 6 nitrogen and oxygen atoms in total. The minimum absolute atomic E-state index is 0.185. The first-order valence-electron chi connectivity index (χ1n) is 10.8. The van der Waals surface area contributed by atoms with Crippen molar-refractivity contribution in [3.8, 4) is 6.07 Å².